The number of carboxylic acids is 1. The van der Waals surface area contributed by atoms with Crippen LogP contribution in [0.3, 0.4) is 0 Å². The van der Waals surface area contributed by atoms with Crippen LogP contribution in [-0.2, 0) is 41.8 Å². The van der Waals surface area contributed by atoms with E-state index in [0.717, 1.165) is 19.4 Å². The largest absolute Gasteiger partial charge is 0.480 e. The molecule has 0 fully saturated rings. The van der Waals surface area contributed by atoms with Crippen LogP contribution in [0.4, 0.5) is 0 Å². The van der Waals surface area contributed by atoms with Crippen LogP contribution >= 0.6 is 0 Å². The van der Waals surface area contributed by atoms with Crippen molar-refractivity contribution in [2.45, 2.75) is 50.4 Å². The third-order valence-electron chi connectivity index (χ3n) is 3.93. The van der Waals surface area contributed by atoms with Crippen LogP contribution in [0.25, 0.3) is 0 Å². The van der Waals surface area contributed by atoms with E-state index in [0.29, 0.717) is 17.9 Å². The average molecular weight is 397 g/mol. The van der Waals surface area contributed by atoms with Gasteiger partial charge in [-0.05, 0) is 26.2 Å². The molecule has 144 valence electrons. The molecule has 0 aliphatic rings. The Morgan fingerprint density at radius 1 is 1.36 bits per heavy atom. The van der Waals surface area contributed by atoms with Crippen LogP contribution in [0.1, 0.15) is 38.1 Å². The lowest BCUT2D eigenvalue weighted by Crippen LogP contribution is -2.43. The maximum absolute atomic E-state index is 11.7. The Labute approximate surface area is 147 Å². The smallest absolute Gasteiger partial charge is 0.324 e. The van der Waals surface area contributed by atoms with Crippen molar-refractivity contribution in [3.05, 3.63) is 17.5 Å². The number of hydrogen-bond donors (Lipinski definition) is 1. The first-order valence-corrected chi connectivity index (χ1v) is 11.2. The number of carboxylic acid groups (broad SMARTS) is 1. The van der Waals surface area contributed by atoms with Gasteiger partial charge in [-0.25, -0.2) is 8.42 Å². The second-order valence-corrected chi connectivity index (χ2v) is 10.2. The van der Waals surface area contributed by atoms with Crippen molar-refractivity contribution in [2.24, 2.45) is 0 Å². The van der Waals surface area contributed by atoms with Gasteiger partial charge in [-0.15, -0.1) is 0 Å². The first kappa shape index (κ1) is 21.6. The number of aliphatic carboxylic acids is 1. The number of aryl methyl sites for hydroxylation is 1. The van der Waals surface area contributed by atoms with Gasteiger partial charge in [0.1, 0.15) is 5.76 Å². The van der Waals surface area contributed by atoms with Crippen LogP contribution in [0, 0.1) is 0 Å². The lowest BCUT2D eigenvalue weighted by molar-refractivity contribution is -0.139. The van der Waals surface area contributed by atoms with Gasteiger partial charge in [-0.2, -0.15) is 8.42 Å². The van der Waals surface area contributed by atoms with Gasteiger partial charge in [-0.1, -0.05) is 12.1 Å². The summed E-state index contributed by atoms with van der Waals surface area (Å²) in [6, 6.07) is 1.54. The Balaban J connectivity index is 2.80. The molecule has 0 bridgehead atoms. The second-order valence-electron chi connectivity index (χ2n) is 6.13. The Morgan fingerprint density at radius 3 is 2.40 bits per heavy atom. The van der Waals surface area contributed by atoms with E-state index in [1.807, 2.05) is 0 Å². The van der Waals surface area contributed by atoms with Crippen molar-refractivity contribution < 1.29 is 35.4 Å². The molecule has 0 spiro atoms. The summed E-state index contributed by atoms with van der Waals surface area (Å²) in [7, 11) is -7.41. The molecular weight excluding hydrogens is 374 g/mol. The second kappa shape index (κ2) is 7.83. The van der Waals surface area contributed by atoms with E-state index < -0.39 is 36.8 Å². The molecular formula is C14H23NO8S2. The fourth-order valence-corrected chi connectivity index (χ4v) is 3.59. The predicted molar refractivity (Wildman–Crippen MR) is 89.4 cm³/mol. The first-order valence-electron chi connectivity index (χ1n) is 7.54. The highest BCUT2D eigenvalue weighted by atomic mass is 32.2. The standard InChI is InChI=1S/C14H23NO8S2/c1-5-11(23-25(4,20)21)9-12-8-10(15-22-12)6-7-14(2,13(16)17)24(3,18)19/h8,11H,5-7,9H2,1-4H3,(H,16,17). The van der Waals surface area contributed by atoms with E-state index in [-0.39, 0.29) is 19.3 Å². The van der Waals surface area contributed by atoms with Crippen LogP contribution in [0.15, 0.2) is 10.6 Å². The van der Waals surface area contributed by atoms with Gasteiger partial charge in [-0.3, -0.25) is 8.98 Å². The van der Waals surface area contributed by atoms with Gasteiger partial charge in [0.25, 0.3) is 10.1 Å². The van der Waals surface area contributed by atoms with Crippen molar-refractivity contribution in [1.29, 1.82) is 0 Å². The maximum Gasteiger partial charge on any atom is 0.324 e. The topological polar surface area (TPSA) is 141 Å². The molecule has 11 heteroatoms. The summed E-state index contributed by atoms with van der Waals surface area (Å²) in [6.07, 6.45) is 1.78. The van der Waals surface area contributed by atoms with Crippen molar-refractivity contribution >= 4 is 25.9 Å². The fourth-order valence-electron chi connectivity index (χ4n) is 2.11. The van der Waals surface area contributed by atoms with Gasteiger partial charge < -0.3 is 9.63 Å². The first-order chi connectivity index (χ1) is 11.3. The molecule has 1 heterocycles. The van der Waals surface area contributed by atoms with Gasteiger partial charge in [0, 0.05) is 18.7 Å². The number of aromatic nitrogens is 1. The molecule has 1 rings (SSSR count). The number of rotatable bonds is 10. The zero-order valence-corrected chi connectivity index (χ0v) is 16.2. The summed E-state index contributed by atoms with van der Waals surface area (Å²) >= 11 is 0. The molecule has 1 aromatic heterocycles. The number of carbonyl (C=O) groups is 1. The lowest BCUT2D eigenvalue weighted by Gasteiger charge is -2.21. The molecule has 1 N–H and O–H groups in total. The van der Waals surface area contributed by atoms with Gasteiger partial charge >= 0.3 is 5.97 Å². The summed E-state index contributed by atoms with van der Waals surface area (Å²) in [4.78, 5) is 11.3. The summed E-state index contributed by atoms with van der Waals surface area (Å²) < 4.78 is 54.0. The summed E-state index contributed by atoms with van der Waals surface area (Å²) in [5, 5.41) is 13.0. The SMILES string of the molecule is CCC(Cc1cc(CCC(C)(C(=O)O)S(C)(=O)=O)no1)OS(C)(=O)=O. The Morgan fingerprint density at radius 2 is 1.96 bits per heavy atom. The fraction of sp³-hybridized carbons (Fsp3) is 0.714. The maximum atomic E-state index is 11.7. The molecule has 9 nitrogen and oxygen atoms in total. The minimum absolute atomic E-state index is 0.0864. The van der Waals surface area contributed by atoms with E-state index in [9.17, 15) is 26.7 Å². The zero-order valence-electron chi connectivity index (χ0n) is 14.6. The third kappa shape index (κ3) is 6.08. The number of nitrogens with zero attached hydrogens (tertiary/aromatic N) is 1. The van der Waals surface area contributed by atoms with E-state index in [2.05, 4.69) is 5.16 Å². The highest BCUT2D eigenvalue weighted by molar-refractivity contribution is 7.92. The van der Waals surface area contributed by atoms with E-state index in [4.69, 9.17) is 8.71 Å². The van der Waals surface area contributed by atoms with E-state index in [1.54, 1.807) is 13.0 Å². The molecule has 0 radical (unpaired) electrons. The molecule has 0 amide bonds. The zero-order chi connectivity index (χ0) is 19.5. The molecule has 2 atom stereocenters. The highest BCUT2D eigenvalue weighted by Crippen LogP contribution is 2.24. The minimum atomic E-state index is -3.81. The molecule has 0 saturated heterocycles. The van der Waals surface area contributed by atoms with Crippen LogP contribution in [0.2, 0.25) is 0 Å². The van der Waals surface area contributed by atoms with Gasteiger partial charge in [0.05, 0.1) is 18.1 Å². The number of hydrogen-bond acceptors (Lipinski definition) is 8. The summed E-state index contributed by atoms with van der Waals surface area (Å²) in [5.74, 6) is -1.05. The number of sulfone groups is 1. The van der Waals surface area contributed by atoms with E-state index >= 15 is 0 Å². The van der Waals surface area contributed by atoms with Crippen molar-refractivity contribution in [3.8, 4) is 0 Å². The highest BCUT2D eigenvalue weighted by Gasteiger charge is 2.43. The van der Waals surface area contributed by atoms with Crippen LogP contribution in [-0.4, -0.2) is 56.4 Å². The van der Waals surface area contributed by atoms with Crippen molar-refractivity contribution in [2.75, 3.05) is 12.5 Å². The molecule has 0 aliphatic heterocycles. The normalized spacial score (nSPS) is 16.3. The Bertz CT molecular complexity index is 812. The molecule has 0 saturated carbocycles. The molecule has 1 aromatic rings. The molecule has 25 heavy (non-hydrogen) atoms. The summed E-state index contributed by atoms with van der Waals surface area (Å²) in [6.45, 7) is 2.91. The van der Waals surface area contributed by atoms with Crippen LogP contribution in [0.5, 0.6) is 0 Å². The Kier molecular flexibility index (Phi) is 6.76. The predicted octanol–water partition coefficient (Wildman–Crippen LogP) is 0.792. The quantitative estimate of drug-likeness (QED) is 0.567. The monoisotopic (exact) mass is 397 g/mol. The van der Waals surface area contributed by atoms with Gasteiger partial charge in [0.15, 0.2) is 14.6 Å². The lowest BCUT2D eigenvalue weighted by atomic mass is 10.0. The molecule has 0 aromatic carbocycles. The van der Waals surface area contributed by atoms with E-state index in [1.165, 1.54) is 0 Å². The van der Waals surface area contributed by atoms with Crippen molar-refractivity contribution in [3.63, 3.8) is 0 Å². The Hall–Kier alpha value is -1.46. The van der Waals surface area contributed by atoms with Crippen LogP contribution < -0.4 is 0 Å². The molecule has 0 aliphatic carbocycles. The molecule has 2 unspecified atom stereocenters. The van der Waals surface area contributed by atoms with Crippen molar-refractivity contribution in [1.82, 2.24) is 5.16 Å². The minimum Gasteiger partial charge on any atom is -0.480 e. The average Bonchev–Trinajstić information content (AvgIpc) is 2.88. The van der Waals surface area contributed by atoms with Gasteiger partial charge in [0.2, 0.25) is 0 Å². The summed E-state index contributed by atoms with van der Waals surface area (Å²) in [5.41, 5.74) is 0.389. The third-order valence-corrected chi connectivity index (χ3v) is 6.57.